The summed E-state index contributed by atoms with van der Waals surface area (Å²) in [5.74, 6) is 5.58. The Bertz CT molecular complexity index is 298. The van der Waals surface area contributed by atoms with Gasteiger partial charge in [0.05, 0.1) is 12.1 Å². The number of terminal acetylenes is 2. The average Bonchev–Trinajstić information content (AvgIpc) is 2.27. The topological polar surface area (TPSA) is 6.48 Å². The standard InChI is InChI=1S/C14H22N2/c1-6-10-16(14(3,4)7-2)13-8-11-15(5)12-9-13/h1-2,13H,8-12H2,3-5H3. The molecule has 0 radical (unpaired) electrons. The molecule has 1 aliphatic rings. The van der Waals surface area contributed by atoms with Gasteiger partial charge in [-0.15, -0.1) is 12.8 Å². The predicted molar refractivity (Wildman–Crippen MR) is 69.0 cm³/mol. The van der Waals surface area contributed by atoms with Crippen molar-refractivity contribution in [1.29, 1.82) is 0 Å². The van der Waals surface area contributed by atoms with Crippen molar-refractivity contribution in [2.75, 3.05) is 26.7 Å². The predicted octanol–water partition coefficient (Wildman–Crippen LogP) is 1.43. The smallest absolute Gasteiger partial charge is 0.0776 e. The molecule has 1 fully saturated rings. The highest BCUT2D eigenvalue weighted by Gasteiger charge is 2.32. The van der Waals surface area contributed by atoms with E-state index in [0.29, 0.717) is 12.6 Å². The molecular formula is C14H22N2. The number of hydrogen-bond acceptors (Lipinski definition) is 2. The lowest BCUT2D eigenvalue weighted by molar-refractivity contribution is 0.0784. The third-order valence-corrected chi connectivity index (χ3v) is 3.46. The molecule has 0 unspecified atom stereocenters. The van der Waals surface area contributed by atoms with Gasteiger partial charge in [-0.25, -0.2) is 0 Å². The molecule has 1 aliphatic heterocycles. The first-order valence-corrected chi connectivity index (χ1v) is 5.88. The Balaban J connectivity index is 2.72. The fraction of sp³-hybridized carbons (Fsp3) is 0.714. The van der Waals surface area contributed by atoms with Crippen molar-refractivity contribution in [3.8, 4) is 24.7 Å². The molecule has 0 aromatic carbocycles. The average molecular weight is 218 g/mol. The number of hydrogen-bond donors (Lipinski definition) is 0. The molecule has 0 saturated carbocycles. The van der Waals surface area contributed by atoms with Gasteiger partial charge >= 0.3 is 0 Å². The second kappa shape index (κ2) is 5.39. The first-order valence-electron chi connectivity index (χ1n) is 5.88. The van der Waals surface area contributed by atoms with Crippen molar-refractivity contribution in [2.45, 2.75) is 38.3 Å². The lowest BCUT2D eigenvalue weighted by Gasteiger charge is -2.43. The van der Waals surface area contributed by atoms with Crippen molar-refractivity contribution >= 4 is 0 Å². The van der Waals surface area contributed by atoms with Gasteiger partial charge in [-0.05, 0) is 46.8 Å². The van der Waals surface area contributed by atoms with Crippen LogP contribution in [-0.4, -0.2) is 48.1 Å². The Morgan fingerprint density at radius 1 is 1.31 bits per heavy atom. The van der Waals surface area contributed by atoms with Gasteiger partial charge in [0.25, 0.3) is 0 Å². The summed E-state index contributed by atoms with van der Waals surface area (Å²) in [5.41, 5.74) is -0.243. The molecule has 88 valence electrons. The minimum Gasteiger partial charge on any atom is -0.306 e. The van der Waals surface area contributed by atoms with E-state index in [0.717, 1.165) is 25.9 Å². The second-order valence-corrected chi connectivity index (χ2v) is 5.07. The van der Waals surface area contributed by atoms with Crippen LogP contribution in [-0.2, 0) is 0 Å². The second-order valence-electron chi connectivity index (χ2n) is 5.07. The summed E-state index contributed by atoms with van der Waals surface area (Å²) in [6.45, 7) is 7.05. The van der Waals surface area contributed by atoms with E-state index in [1.807, 2.05) is 0 Å². The Labute approximate surface area is 100.0 Å². The van der Waals surface area contributed by atoms with Crippen LogP contribution in [0.5, 0.6) is 0 Å². The Morgan fingerprint density at radius 2 is 1.88 bits per heavy atom. The fourth-order valence-corrected chi connectivity index (χ4v) is 2.27. The van der Waals surface area contributed by atoms with E-state index in [1.54, 1.807) is 0 Å². The van der Waals surface area contributed by atoms with E-state index < -0.39 is 0 Å². The molecule has 1 heterocycles. The summed E-state index contributed by atoms with van der Waals surface area (Å²) in [5, 5.41) is 0. The van der Waals surface area contributed by atoms with Gasteiger partial charge in [0, 0.05) is 6.04 Å². The van der Waals surface area contributed by atoms with Crippen LogP contribution in [0.15, 0.2) is 0 Å². The minimum absolute atomic E-state index is 0.243. The summed E-state index contributed by atoms with van der Waals surface area (Å²) in [4.78, 5) is 4.65. The van der Waals surface area contributed by atoms with Crippen LogP contribution in [0.1, 0.15) is 26.7 Å². The molecule has 1 rings (SSSR count). The van der Waals surface area contributed by atoms with E-state index in [9.17, 15) is 0 Å². The van der Waals surface area contributed by atoms with Gasteiger partial charge in [0.2, 0.25) is 0 Å². The Morgan fingerprint density at radius 3 is 2.31 bits per heavy atom. The summed E-state index contributed by atoms with van der Waals surface area (Å²) in [7, 11) is 2.16. The Hall–Kier alpha value is -0.960. The van der Waals surface area contributed by atoms with Crippen molar-refractivity contribution in [3.05, 3.63) is 0 Å². The third-order valence-electron chi connectivity index (χ3n) is 3.46. The van der Waals surface area contributed by atoms with E-state index in [2.05, 4.69) is 42.5 Å². The number of rotatable bonds is 3. The highest BCUT2D eigenvalue weighted by atomic mass is 15.2. The molecule has 0 N–H and O–H groups in total. The van der Waals surface area contributed by atoms with E-state index in [1.165, 1.54) is 0 Å². The molecule has 0 aliphatic carbocycles. The lowest BCUT2D eigenvalue weighted by Crippen LogP contribution is -2.52. The van der Waals surface area contributed by atoms with Gasteiger partial charge in [-0.2, -0.15) is 0 Å². The van der Waals surface area contributed by atoms with Gasteiger partial charge in [-0.1, -0.05) is 11.8 Å². The first-order chi connectivity index (χ1) is 7.51. The first kappa shape index (κ1) is 13.1. The lowest BCUT2D eigenvalue weighted by atomic mass is 9.95. The molecule has 0 atom stereocenters. The maximum Gasteiger partial charge on any atom is 0.0776 e. The van der Waals surface area contributed by atoms with Crippen LogP contribution < -0.4 is 0 Å². The van der Waals surface area contributed by atoms with Crippen LogP contribution in [0.2, 0.25) is 0 Å². The highest BCUT2D eigenvalue weighted by Crippen LogP contribution is 2.23. The molecule has 0 spiro atoms. The number of piperidine rings is 1. The molecule has 0 bridgehead atoms. The van der Waals surface area contributed by atoms with Crippen LogP contribution in [0.3, 0.4) is 0 Å². The molecule has 16 heavy (non-hydrogen) atoms. The van der Waals surface area contributed by atoms with E-state index in [4.69, 9.17) is 12.8 Å². The summed E-state index contributed by atoms with van der Waals surface area (Å²) in [6.07, 6.45) is 13.4. The monoisotopic (exact) mass is 218 g/mol. The van der Waals surface area contributed by atoms with E-state index in [-0.39, 0.29) is 5.54 Å². The van der Waals surface area contributed by atoms with Crippen molar-refractivity contribution in [2.24, 2.45) is 0 Å². The largest absolute Gasteiger partial charge is 0.306 e. The van der Waals surface area contributed by atoms with Crippen LogP contribution in [0.4, 0.5) is 0 Å². The zero-order chi connectivity index (χ0) is 12.2. The van der Waals surface area contributed by atoms with Crippen molar-refractivity contribution in [1.82, 2.24) is 9.80 Å². The molecule has 1 saturated heterocycles. The quantitative estimate of drug-likeness (QED) is 0.661. The summed E-state index contributed by atoms with van der Waals surface area (Å²) >= 11 is 0. The highest BCUT2D eigenvalue weighted by molar-refractivity contribution is 5.12. The van der Waals surface area contributed by atoms with Crippen LogP contribution in [0, 0.1) is 24.7 Å². The molecule has 2 nitrogen and oxygen atoms in total. The maximum absolute atomic E-state index is 5.60. The molecular weight excluding hydrogens is 196 g/mol. The normalized spacial score (nSPS) is 19.4. The minimum atomic E-state index is -0.243. The zero-order valence-electron chi connectivity index (χ0n) is 10.7. The van der Waals surface area contributed by atoms with Gasteiger partial charge in [0.15, 0.2) is 0 Å². The fourth-order valence-electron chi connectivity index (χ4n) is 2.27. The number of nitrogens with zero attached hydrogens (tertiary/aromatic N) is 2. The molecule has 0 aromatic heterocycles. The summed E-state index contributed by atoms with van der Waals surface area (Å²) < 4.78 is 0. The third kappa shape index (κ3) is 3.01. The molecule has 2 heteroatoms. The maximum atomic E-state index is 5.60. The number of likely N-dealkylation sites (tertiary alicyclic amines) is 1. The van der Waals surface area contributed by atoms with Crippen molar-refractivity contribution in [3.63, 3.8) is 0 Å². The van der Waals surface area contributed by atoms with Gasteiger partial charge in [-0.3, -0.25) is 4.90 Å². The van der Waals surface area contributed by atoms with Crippen molar-refractivity contribution < 1.29 is 0 Å². The van der Waals surface area contributed by atoms with Crippen LogP contribution in [0.25, 0.3) is 0 Å². The van der Waals surface area contributed by atoms with Gasteiger partial charge < -0.3 is 4.90 Å². The van der Waals surface area contributed by atoms with E-state index >= 15 is 0 Å². The summed E-state index contributed by atoms with van der Waals surface area (Å²) in [6, 6.07) is 0.526. The molecule has 0 aromatic rings. The molecule has 0 amide bonds. The van der Waals surface area contributed by atoms with Crippen LogP contribution >= 0.6 is 0 Å². The Kier molecular flexibility index (Phi) is 4.42. The van der Waals surface area contributed by atoms with Gasteiger partial charge in [0.1, 0.15) is 0 Å². The zero-order valence-corrected chi connectivity index (χ0v) is 10.7. The SMILES string of the molecule is C#CCN(C1CCN(C)CC1)C(C)(C)C#C.